The fourth-order valence-corrected chi connectivity index (χ4v) is 2.95. The lowest BCUT2D eigenvalue weighted by Gasteiger charge is -2.19. The van der Waals surface area contributed by atoms with Crippen LogP contribution in [-0.2, 0) is 16.1 Å². The molecule has 2 aromatic rings. The summed E-state index contributed by atoms with van der Waals surface area (Å²) in [6, 6.07) is 9.99. The van der Waals surface area contributed by atoms with E-state index < -0.39 is 5.41 Å². The third kappa shape index (κ3) is 5.44. The summed E-state index contributed by atoms with van der Waals surface area (Å²) in [5.74, 6) is 0.0733. The quantitative estimate of drug-likeness (QED) is 0.744. The van der Waals surface area contributed by atoms with E-state index in [1.54, 1.807) is 4.90 Å². The average Bonchev–Trinajstić information content (AvgIpc) is 2.92. The first kappa shape index (κ1) is 21.7. The molecule has 2 rings (SSSR count). The summed E-state index contributed by atoms with van der Waals surface area (Å²) >= 11 is 0. The maximum Gasteiger partial charge on any atom is 0.225 e. The number of hydrogen-bond donors (Lipinski definition) is 1. The smallest absolute Gasteiger partial charge is 0.225 e. The van der Waals surface area contributed by atoms with Crippen LogP contribution in [-0.4, -0.2) is 40.1 Å². The van der Waals surface area contributed by atoms with E-state index in [0.29, 0.717) is 25.9 Å². The molecule has 1 N–H and O–H groups in total. The van der Waals surface area contributed by atoms with Crippen LogP contribution in [0.2, 0.25) is 0 Å². The Morgan fingerprint density at radius 3 is 2.39 bits per heavy atom. The van der Waals surface area contributed by atoms with E-state index in [2.05, 4.69) is 10.4 Å². The van der Waals surface area contributed by atoms with Crippen LogP contribution in [0.1, 0.15) is 50.6 Å². The van der Waals surface area contributed by atoms with E-state index >= 15 is 0 Å². The Labute approximate surface area is 167 Å². The first-order valence-corrected chi connectivity index (χ1v) is 9.74. The second-order valence-electron chi connectivity index (χ2n) is 8.26. The lowest BCUT2D eigenvalue weighted by Crippen LogP contribution is -2.36. The number of nitrogens with zero attached hydrogens (tertiary/aromatic N) is 3. The van der Waals surface area contributed by atoms with Crippen molar-refractivity contribution >= 4 is 11.8 Å². The van der Waals surface area contributed by atoms with E-state index in [4.69, 9.17) is 0 Å². The van der Waals surface area contributed by atoms with Gasteiger partial charge >= 0.3 is 0 Å². The van der Waals surface area contributed by atoms with Crippen LogP contribution < -0.4 is 5.32 Å². The van der Waals surface area contributed by atoms with Gasteiger partial charge in [0.1, 0.15) is 0 Å². The maximum absolute atomic E-state index is 12.5. The normalized spacial score (nSPS) is 11.4. The molecule has 0 aliphatic heterocycles. The fraction of sp³-hybridized carbons (Fsp3) is 0.500. The molecule has 0 bridgehead atoms. The van der Waals surface area contributed by atoms with Crippen molar-refractivity contribution in [1.29, 1.82) is 0 Å². The molecule has 28 heavy (non-hydrogen) atoms. The second-order valence-corrected chi connectivity index (χ2v) is 8.26. The van der Waals surface area contributed by atoms with Crippen molar-refractivity contribution in [2.24, 2.45) is 5.41 Å². The highest BCUT2D eigenvalue weighted by Gasteiger charge is 2.21. The number of aromatic nitrogens is 2. The number of rotatable bonds is 7. The number of para-hydroxylation sites is 1. The molecule has 6 nitrogen and oxygen atoms in total. The summed E-state index contributed by atoms with van der Waals surface area (Å²) in [5, 5.41) is 7.53. The number of aryl methyl sites for hydroxylation is 1. The zero-order valence-electron chi connectivity index (χ0n) is 17.9. The first-order valence-electron chi connectivity index (χ1n) is 9.74. The SMILES string of the molecule is Cc1nn(-c2ccccc2)c(C)c1CN(C)C(=O)CCCNC(=O)C(C)(C)C. The average molecular weight is 385 g/mol. The van der Waals surface area contributed by atoms with E-state index in [1.165, 1.54) is 0 Å². The molecule has 2 amide bonds. The van der Waals surface area contributed by atoms with Gasteiger partial charge in [-0.2, -0.15) is 5.10 Å². The van der Waals surface area contributed by atoms with Gasteiger partial charge in [0, 0.05) is 43.2 Å². The monoisotopic (exact) mass is 384 g/mol. The summed E-state index contributed by atoms with van der Waals surface area (Å²) in [6.45, 7) is 10.7. The van der Waals surface area contributed by atoms with Crippen LogP contribution in [0.5, 0.6) is 0 Å². The number of nitrogens with one attached hydrogen (secondary N) is 1. The zero-order valence-corrected chi connectivity index (χ0v) is 17.9. The van der Waals surface area contributed by atoms with Gasteiger partial charge in [-0.1, -0.05) is 39.0 Å². The van der Waals surface area contributed by atoms with E-state index in [9.17, 15) is 9.59 Å². The van der Waals surface area contributed by atoms with Crippen LogP contribution >= 0.6 is 0 Å². The van der Waals surface area contributed by atoms with Gasteiger partial charge in [0.2, 0.25) is 11.8 Å². The molecule has 0 aliphatic rings. The Bertz CT molecular complexity index is 819. The van der Waals surface area contributed by atoms with Crippen molar-refractivity contribution in [3.05, 3.63) is 47.3 Å². The highest BCUT2D eigenvalue weighted by atomic mass is 16.2. The molecule has 1 heterocycles. The van der Waals surface area contributed by atoms with Crippen LogP contribution in [0.4, 0.5) is 0 Å². The van der Waals surface area contributed by atoms with Crippen molar-refractivity contribution < 1.29 is 9.59 Å². The predicted molar refractivity (Wildman–Crippen MR) is 111 cm³/mol. The zero-order chi connectivity index (χ0) is 20.9. The molecule has 1 aromatic heterocycles. The highest BCUT2D eigenvalue weighted by molar-refractivity contribution is 5.81. The van der Waals surface area contributed by atoms with Crippen molar-refractivity contribution in [3.63, 3.8) is 0 Å². The van der Waals surface area contributed by atoms with Crippen molar-refractivity contribution in [2.75, 3.05) is 13.6 Å². The van der Waals surface area contributed by atoms with Gasteiger partial charge in [-0.25, -0.2) is 4.68 Å². The summed E-state index contributed by atoms with van der Waals surface area (Å²) in [6.07, 6.45) is 1.04. The molecular formula is C22H32N4O2. The van der Waals surface area contributed by atoms with Crippen LogP contribution in [0, 0.1) is 19.3 Å². The number of hydrogen-bond acceptors (Lipinski definition) is 3. The third-order valence-corrected chi connectivity index (χ3v) is 4.80. The van der Waals surface area contributed by atoms with Crippen molar-refractivity contribution in [3.8, 4) is 5.69 Å². The summed E-state index contributed by atoms with van der Waals surface area (Å²) < 4.78 is 1.92. The van der Waals surface area contributed by atoms with Gasteiger partial charge in [-0.05, 0) is 32.4 Å². The molecule has 0 unspecified atom stereocenters. The number of carbonyl (C=O) groups is 2. The number of benzene rings is 1. The Kier molecular flexibility index (Phi) is 7.00. The van der Waals surface area contributed by atoms with Gasteiger partial charge in [-0.15, -0.1) is 0 Å². The van der Waals surface area contributed by atoms with Gasteiger partial charge in [0.05, 0.1) is 11.4 Å². The second kappa shape index (κ2) is 9.04. The number of amides is 2. The first-order chi connectivity index (χ1) is 13.1. The Morgan fingerprint density at radius 2 is 1.79 bits per heavy atom. The van der Waals surface area contributed by atoms with Gasteiger partial charge in [0.15, 0.2) is 0 Å². The van der Waals surface area contributed by atoms with Crippen molar-refractivity contribution in [2.45, 2.75) is 54.0 Å². The minimum absolute atomic E-state index is 0.00730. The fourth-order valence-electron chi connectivity index (χ4n) is 2.95. The van der Waals surface area contributed by atoms with E-state index in [0.717, 1.165) is 22.6 Å². The van der Waals surface area contributed by atoms with Crippen LogP contribution in [0.15, 0.2) is 30.3 Å². The van der Waals surface area contributed by atoms with Gasteiger partial charge in [0.25, 0.3) is 0 Å². The molecule has 0 saturated heterocycles. The Hall–Kier alpha value is -2.63. The molecule has 1 aromatic carbocycles. The summed E-state index contributed by atoms with van der Waals surface area (Å²) in [4.78, 5) is 26.1. The number of carbonyl (C=O) groups excluding carboxylic acids is 2. The van der Waals surface area contributed by atoms with E-state index in [-0.39, 0.29) is 11.8 Å². The predicted octanol–water partition coefficient (Wildman–Crippen LogP) is 3.39. The largest absolute Gasteiger partial charge is 0.356 e. The minimum atomic E-state index is -0.408. The maximum atomic E-state index is 12.5. The van der Waals surface area contributed by atoms with Gasteiger partial charge < -0.3 is 10.2 Å². The van der Waals surface area contributed by atoms with Crippen LogP contribution in [0.25, 0.3) is 5.69 Å². The molecule has 0 radical (unpaired) electrons. The third-order valence-electron chi connectivity index (χ3n) is 4.80. The Morgan fingerprint density at radius 1 is 1.14 bits per heavy atom. The molecular weight excluding hydrogens is 352 g/mol. The molecule has 0 saturated carbocycles. The molecule has 0 fully saturated rings. The summed E-state index contributed by atoms with van der Waals surface area (Å²) in [5.41, 5.74) is 3.65. The molecule has 152 valence electrons. The highest BCUT2D eigenvalue weighted by Crippen LogP contribution is 2.19. The van der Waals surface area contributed by atoms with Crippen molar-refractivity contribution in [1.82, 2.24) is 20.0 Å². The molecule has 0 aliphatic carbocycles. The standard InChI is InChI=1S/C22H32N4O2/c1-16-19(17(2)26(24-16)18-11-8-7-9-12-18)15-25(6)20(27)13-10-14-23-21(28)22(3,4)5/h7-9,11-12H,10,13-15H2,1-6H3,(H,23,28). The lowest BCUT2D eigenvalue weighted by atomic mass is 9.96. The topological polar surface area (TPSA) is 67.2 Å². The van der Waals surface area contributed by atoms with Crippen LogP contribution in [0.3, 0.4) is 0 Å². The minimum Gasteiger partial charge on any atom is -0.356 e. The molecule has 6 heteroatoms. The molecule has 0 atom stereocenters. The lowest BCUT2D eigenvalue weighted by molar-refractivity contribution is -0.131. The van der Waals surface area contributed by atoms with Gasteiger partial charge in [-0.3, -0.25) is 9.59 Å². The Balaban J connectivity index is 1.92. The summed E-state index contributed by atoms with van der Waals surface area (Å²) in [7, 11) is 1.81. The van der Waals surface area contributed by atoms with E-state index in [1.807, 2.05) is 76.7 Å². The molecule has 0 spiro atoms.